The van der Waals surface area contributed by atoms with Gasteiger partial charge in [0.2, 0.25) is 0 Å². The first-order valence-electron chi connectivity index (χ1n) is 9.29. The smallest absolute Gasteiger partial charge is 0.321 e. The molecule has 2 heterocycles. The summed E-state index contributed by atoms with van der Waals surface area (Å²) in [5.74, 6) is -1.20. The van der Waals surface area contributed by atoms with Crippen molar-refractivity contribution in [1.82, 2.24) is 15.6 Å². The van der Waals surface area contributed by atoms with Crippen LogP contribution in [0.3, 0.4) is 0 Å². The van der Waals surface area contributed by atoms with E-state index in [1.165, 1.54) is 24.7 Å². The molecule has 0 unspecified atom stereocenters. The van der Waals surface area contributed by atoms with Gasteiger partial charge < -0.3 is 10.1 Å². The molecule has 1 aliphatic carbocycles. The van der Waals surface area contributed by atoms with Gasteiger partial charge in [0.05, 0.1) is 12.1 Å². The Morgan fingerprint density at radius 1 is 1.25 bits per heavy atom. The third-order valence-electron chi connectivity index (χ3n) is 4.50. The molecule has 150 valence electrons. The van der Waals surface area contributed by atoms with Crippen molar-refractivity contribution in [3.63, 3.8) is 0 Å². The molecule has 0 bridgehead atoms. The highest BCUT2D eigenvalue weighted by Gasteiger charge is 2.22. The van der Waals surface area contributed by atoms with Gasteiger partial charge in [0.15, 0.2) is 6.10 Å². The van der Waals surface area contributed by atoms with Gasteiger partial charge in [-0.3, -0.25) is 14.9 Å². The van der Waals surface area contributed by atoms with Crippen molar-refractivity contribution in [2.45, 2.75) is 57.6 Å². The number of hydrogen-bond donors (Lipinski definition) is 2. The molecule has 0 radical (unpaired) electrons. The molecular weight excluding hydrogens is 398 g/mol. The molecule has 1 saturated carbocycles. The average Bonchev–Trinajstić information content (AvgIpc) is 3.33. The van der Waals surface area contributed by atoms with E-state index in [0.717, 1.165) is 36.3 Å². The molecule has 3 amide bonds. The largest absolute Gasteiger partial charge is 0.452 e. The maximum atomic E-state index is 12.1. The summed E-state index contributed by atoms with van der Waals surface area (Å²) in [6.07, 6.45) is 4.11. The van der Waals surface area contributed by atoms with Crippen LogP contribution in [0.15, 0.2) is 22.2 Å². The summed E-state index contributed by atoms with van der Waals surface area (Å²) < 4.78 is 5.14. The highest BCUT2D eigenvalue weighted by molar-refractivity contribution is 7.14. The van der Waals surface area contributed by atoms with Crippen LogP contribution in [-0.2, 0) is 20.7 Å². The lowest BCUT2D eigenvalue weighted by Crippen LogP contribution is -2.48. The van der Waals surface area contributed by atoms with Crippen LogP contribution in [0.4, 0.5) is 4.79 Å². The van der Waals surface area contributed by atoms with Gasteiger partial charge in [-0.15, -0.1) is 11.3 Å². The number of rotatable bonds is 6. The molecule has 0 saturated heterocycles. The summed E-state index contributed by atoms with van der Waals surface area (Å²) in [6, 6.07) is 1.53. The number of hydrogen-bond acceptors (Lipinski definition) is 7. The van der Waals surface area contributed by atoms with Crippen LogP contribution >= 0.6 is 22.7 Å². The normalized spacial score (nSPS) is 15.6. The number of amides is 3. The lowest BCUT2D eigenvalue weighted by Gasteiger charge is -2.23. The Morgan fingerprint density at radius 2 is 2.04 bits per heavy atom. The van der Waals surface area contributed by atoms with Crippen LogP contribution < -0.4 is 10.6 Å². The average molecular weight is 422 g/mol. The van der Waals surface area contributed by atoms with E-state index >= 15 is 0 Å². The third-order valence-corrected chi connectivity index (χ3v) is 6.12. The third kappa shape index (κ3) is 5.87. The van der Waals surface area contributed by atoms with E-state index in [2.05, 4.69) is 15.6 Å². The topological polar surface area (TPSA) is 97.4 Å². The van der Waals surface area contributed by atoms with E-state index in [-0.39, 0.29) is 12.5 Å². The molecule has 3 rings (SSSR count). The maximum Gasteiger partial charge on any atom is 0.321 e. The number of carbonyl (C=O) groups excluding carboxylic acids is 3. The molecule has 0 spiro atoms. The highest BCUT2D eigenvalue weighted by Crippen LogP contribution is 2.26. The number of ether oxygens (including phenoxy) is 1. The Bertz CT molecular complexity index is 813. The van der Waals surface area contributed by atoms with Gasteiger partial charge in [0, 0.05) is 22.4 Å². The van der Waals surface area contributed by atoms with E-state index in [4.69, 9.17) is 4.74 Å². The zero-order valence-electron chi connectivity index (χ0n) is 15.6. The Balaban J connectivity index is 1.43. The van der Waals surface area contributed by atoms with Crippen LogP contribution in [0.1, 0.15) is 44.7 Å². The molecule has 0 aromatic carbocycles. The van der Waals surface area contributed by atoms with E-state index in [1.807, 2.05) is 16.8 Å². The van der Waals surface area contributed by atoms with Crippen molar-refractivity contribution in [2.75, 3.05) is 0 Å². The fourth-order valence-electron chi connectivity index (χ4n) is 3.03. The van der Waals surface area contributed by atoms with Gasteiger partial charge in [-0.25, -0.2) is 9.78 Å². The number of urea groups is 1. The van der Waals surface area contributed by atoms with Crippen molar-refractivity contribution in [3.05, 3.63) is 27.9 Å². The van der Waals surface area contributed by atoms with Crippen LogP contribution in [0, 0.1) is 0 Å². The number of thiophene rings is 1. The lowest BCUT2D eigenvalue weighted by atomic mass is 9.96. The van der Waals surface area contributed by atoms with Gasteiger partial charge in [-0.1, -0.05) is 19.3 Å². The zero-order valence-corrected chi connectivity index (χ0v) is 17.2. The second kappa shape index (κ2) is 9.79. The number of thiazole rings is 1. The number of nitrogens with one attached hydrogen (secondary N) is 2. The van der Waals surface area contributed by atoms with Gasteiger partial charge >= 0.3 is 12.0 Å². The number of esters is 1. The fourth-order valence-corrected chi connectivity index (χ4v) is 4.56. The van der Waals surface area contributed by atoms with E-state index in [9.17, 15) is 14.4 Å². The Morgan fingerprint density at radius 3 is 2.75 bits per heavy atom. The fraction of sp³-hybridized carbons (Fsp3) is 0.474. The number of carbonyl (C=O) groups is 3. The Kier molecular flexibility index (Phi) is 7.16. The zero-order chi connectivity index (χ0) is 19.9. The van der Waals surface area contributed by atoms with Crippen molar-refractivity contribution in [2.24, 2.45) is 0 Å². The molecule has 1 aliphatic rings. The molecule has 2 aromatic heterocycles. The van der Waals surface area contributed by atoms with E-state index in [1.54, 1.807) is 16.7 Å². The maximum absolute atomic E-state index is 12.1. The molecule has 2 N–H and O–H groups in total. The Labute approximate surface area is 171 Å². The molecule has 1 fully saturated rings. The van der Waals surface area contributed by atoms with Crippen LogP contribution in [0.5, 0.6) is 0 Å². The summed E-state index contributed by atoms with van der Waals surface area (Å²) in [4.78, 5) is 40.5. The second-order valence-electron chi connectivity index (χ2n) is 6.76. The van der Waals surface area contributed by atoms with Crippen molar-refractivity contribution < 1.29 is 19.1 Å². The highest BCUT2D eigenvalue weighted by atomic mass is 32.1. The number of nitrogens with zero attached hydrogens (tertiary/aromatic N) is 1. The predicted molar refractivity (Wildman–Crippen MR) is 108 cm³/mol. The van der Waals surface area contributed by atoms with Crippen molar-refractivity contribution in [1.29, 1.82) is 0 Å². The van der Waals surface area contributed by atoms with Gasteiger partial charge in [-0.2, -0.15) is 11.3 Å². The van der Waals surface area contributed by atoms with Crippen molar-refractivity contribution >= 4 is 40.6 Å². The first kappa shape index (κ1) is 20.5. The monoisotopic (exact) mass is 421 g/mol. The van der Waals surface area contributed by atoms with Gasteiger partial charge in [0.1, 0.15) is 5.01 Å². The van der Waals surface area contributed by atoms with Gasteiger partial charge in [0.25, 0.3) is 5.91 Å². The minimum absolute atomic E-state index is 0.0213. The van der Waals surface area contributed by atoms with Crippen LogP contribution in [0.2, 0.25) is 0 Å². The molecule has 2 aromatic rings. The second-order valence-corrected chi connectivity index (χ2v) is 8.40. The standard InChI is InChI=1S/C19H23N3O4S2/c1-12(17(24)22-19(25)21-14-5-3-2-4-6-14)26-16(23)9-15-11-28-18(20-15)13-7-8-27-10-13/h7-8,10-12,14H,2-6,9H2,1H3,(H2,21,22,24,25)/t12-/m1/s1. The molecule has 7 nitrogen and oxygen atoms in total. The SMILES string of the molecule is C[C@@H](OC(=O)Cc1csc(-c2ccsc2)n1)C(=O)NC(=O)NC1CCCCC1. The lowest BCUT2D eigenvalue weighted by molar-refractivity contribution is -0.153. The first-order chi connectivity index (χ1) is 13.5. The summed E-state index contributed by atoms with van der Waals surface area (Å²) in [7, 11) is 0. The molecule has 1 atom stereocenters. The van der Waals surface area contributed by atoms with Crippen molar-refractivity contribution in [3.8, 4) is 10.6 Å². The predicted octanol–water partition coefficient (Wildman–Crippen LogP) is 3.50. The molecule has 0 aliphatic heterocycles. The van der Waals surface area contributed by atoms with Gasteiger partial charge in [-0.05, 0) is 31.2 Å². The summed E-state index contributed by atoms with van der Waals surface area (Å²) in [5.41, 5.74) is 1.62. The van der Waals surface area contributed by atoms with E-state index < -0.39 is 24.0 Å². The number of imide groups is 1. The van der Waals surface area contributed by atoms with E-state index in [0.29, 0.717) is 5.69 Å². The molecular formula is C19H23N3O4S2. The minimum atomic E-state index is -1.06. The summed E-state index contributed by atoms with van der Waals surface area (Å²) in [6.45, 7) is 1.44. The molecule has 9 heteroatoms. The minimum Gasteiger partial charge on any atom is -0.452 e. The first-order valence-corrected chi connectivity index (χ1v) is 11.1. The Hall–Kier alpha value is -2.26. The molecule has 28 heavy (non-hydrogen) atoms. The number of aromatic nitrogens is 1. The quantitative estimate of drug-likeness (QED) is 0.696. The van der Waals surface area contributed by atoms with Crippen LogP contribution in [-0.4, -0.2) is 35.0 Å². The summed E-state index contributed by atoms with van der Waals surface area (Å²) in [5, 5.41) is 11.6. The van der Waals surface area contributed by atoms with Crippen LogP contribution in [0.25, 0.3) is 10.6 Å². The summed E-state index contributed by atoms with van der Waals surface area (Å²) >= 11 is 3.04.